The average molecular weight is 301 g/mol. The Morgan fingerprint density at radius 3 is 2.60 bits per heavy atom. The first-order valence-electron chi connectivity index (χ1n) is 6.93. The van der Waals surface area contributed by atoms with Crippen LogP contribution in [-0.2, 0) is 11.2 Å². The number of amides is 1. The molecule has 0 aromatic carbocycles. The van der Waals surface area contributed by atoms with E-state index in [1.54, 1.807) is 0 Å². The van der Waals surface area contributed by atoms with Gasteiger partial charge in [-0.1, -0.05) is 33.6 Å². The van der Waals surface area contributed by atoms with Gasteiger partial charge in [-0.25, -0.2) is 0 Å². The molecule has 1 aliphatic rings. The lowest BCUT2D eigenvalue weighted by molar-refractivity contribution is -0.121. The van der Waals surface area contributed by atoms with Gasteiger partial charge in [0.15, 0.2) is 5.82 Å². The van der Waals surface area contributed by atoms with Gasteiger partial charge in [0.25, 0.3) is 0 Å². The van der Waals surface area contributed by atoms with Crippen LogP contribution in [0.3, 0.4) is 0 Å². The van der Waals surface area contributed by atoms with E-state index in [9.17, 15) is 4.79 Å². The Morgan fingerprint density at radius 1 is 1.45 bits per heavy atom. The third kappa shape index (κ3) is 4.21. The lowest BCUT2D eigenvalue weighted by Gasteiger charge is -2.21. The maximum Gasteiger partial charge on any atom is 0.245 e. The fourth-order valence-corrected chi connectivity index (χ4v) is 2.56. The molecule has 6 heteroatoms. The quantitative estimate of drug-likeness (QED) is 0.802. The molecule has 2 rings (SSSR count). The summed E-state index contributed by atoms with van der Waals surface area (Å²) >= 11 is 0. The normalized spacial score (nSPS) is 17.6. The summed E-state index contributed by atoms with van der Waals surface area (Å²) in [7, 11) is 0. The number of hydrogen-bond donors (Lipinski definition) is 3. The van der Waals surface area contributed by atoms with Crippen LogP contribution in [0.25, 0.3) is 0 Å². The molecule has 1 saturated carbocycles. The Hall–Kier alpha value is -1.07. The minimum absolute atomic E-state index is 0. The molecule has 0 bridgehead atoms. The standard InChI is InChI=1S/C14H24N4O.ClH/c1-13(2,3)9-10-8-11(18-17-10)16-12(19)14(15)6-4-5-7-14;/h8H,4-7,9,15H2,1-3H3,(H2,16,17,18,19);1H. The van der Waals surface area contributed by atoms with E-state index >= 15 is 0 Å². The Bertz CT molecular complexity index is 458. The summed E-state index contributed by atoms with van der Waals surface area (Å²) in [5.41, 5.74) is 6.62. The zero-order valence-corrected chi connectivity index (χ0v) is 13.3. The van der Waals surface area contributed by atoms with Crippen molar-refractivity contribution in [1.29, 1.82) is 0 Å². The molecule has 5 nitrogen and oxygen atoms in total. The molecule has 1 aromatic heterocycles. The first kappa shape index (κ1) is 17.0. The zero-order chi connectivity index (χ0) is 14.1. The number of aromatic amines is 1. The number of H-pyrrole nitrogens is 1. The van der Waals surface area contributed by atoms with E-state index in [2.05, 4.69) is 36.3 Å². The second-order valence-corrected chi connectivity index (χ2v) is 6.83. The number of nitrogens with one attached hydrogen (secondary N) is 2. The number of carbonyl (C=O) groups is 1. The molecule has 0 radical (unpaired) electrons. The van der Waals surface area contributed by atoms with E-state index < -0.39 is 5.54 Å². The number of rotatable bonds is 3. The van der Waals surface area contributed by atoms with Gasteiger partial charge >= 0.3 is 0 Å². The number of carbonyl (C=O) groups excluding carboxylic acids is 1. The smallest absolute Gasteiger partial charge is 0.245 e. The van der Waals surface area contributed by atoms with E-state index in [1.807, 2.05) is 6.07 Å². The SMILES string of the molecule is CC(C)(C)Cc1cc(NC(=O)C2(N)CCCC2)n[nH]1.Cl. The van der Waals surface area contributed by atoms with Crippen molar-refractivity contribution in [2.24, 2.45) is 11.1 Å². The van der Waals surface area contributed by atoms with Crippen LogP contribution in [0.2, 0.25) is 0 Å². The third-order valence-electron chi connectivity index (χ3n) is 3.54. The van der Waals surface area contributed by atoms with Crippen LogP contribution in [0.15, 0.2) is 6.07 Å². The van der Waals surface area contributed by atoms with Crippen LogP contribution in [0.5, 0.6) is 0 Å². The van der Waals surface area contributed by atoms with Gasteiger partial charge in [-0.15, -0.1) is 12.4 Å². The van der Waals surface area contributed by atoms with E-state index in [1.165, 1.54) is 0 Å². The Morgan fingerprint density at radius 2 is 2.05 bits per heavy atom. The van der Waals surface area contributed by atoms with Crippen molar-refractivity contribution in [2.45, 2.75) is 58.4 Å². The Labute approximate surface area is 126 Å². The van der Waals surface area contributed by atoms with Gasteiger partial charge in [0, 0.05) is 11.8 Å². The number of nitrogens with two attached hydrogens (primary N) is 1. The molecule has 1 fully saturated rings. The number of anilines is 1. The molecule has 0 atom stereocenters. The molecule has 4 N–H and O–H groups in total. The highest BCUT2D eigenvalue weighted by molar-refractivity contribution is 5.97. The van der Waals surface area contributed by atoms with E-state index in [-0.39, 0.29) is 23.7 Å². The molecular formula is C14H25ClN4O. The second kappa shape index (κ2) is 6.14. The van der Waals surface area contributed by atoms with Gasteiger partial charge in [-0.3, -0.25) is 9.89 Å². The van der Waals surface area contributed by atoms with Gasteiger partial charge in [-0.05, 0) is 24.7 Å². The molecule has 0 spiro atoms. The lowest BCUT2D eigenvalue weighted by atomic mass is 9.91. The molecule has 114 valence electrons. The highest BCUT2D eigenvalue weighted by atomic mass is 35.5. The second-order valence-electron chi connectivity index (χ2n) is 6.83. The minimum Gasteiger partial charge on any atom is -0.317 e. The van der Waals surface area contributed by atoms with E-state index in [0.717, 1.165) is 37.8 Å². The first-order valence-corrected chi connectivity index (χ1v) is 6.93. The van der Waals surface area contributed by atoms with Gasteiger partial charge in [-0.2, -0.15) is 5.10 Å². The lowest BCUT2D eigenvalue weighted by Crippen LogP contribution is -2.48. The Balaban J connectivity index is 0.00000200. The molecule has 20 heavy (non-hydrogen) atoms. The van der Waals surface area contributed by atoms with Crippen LogP contribution in [0.1, 0.15) is 52.1 Å². The predicted octanol–water partition coefficient (Wildman–Crippen LogP) is 2.63. The van der Waals surface area contributed by atoms with Crippen molar-refractivity contribution in [3.8, 4) is 0 Å². The average Bonchev–Trinajstić information content (AvgIpc) is 2.87. The summed E-state index contributed by atoms with van der Waals surface area (Å²) in [6, 6.07) is 1.89. The van der Waals surface area contributed by atoms with Gasteiger partial charge in [0.05, 0.1) is 5.54 Å². The first-order chi connectivity index (χ1) is 8.78. The molecule has 1 aromatic rings. The maximum absolute atomic E-state index is 12.1. The van der Waals surface area contributed by atoms with E-state index in [0.29, 0.717) is 5.82 Å². The van der Waals surface area contributed by atoms with Crippen molar-refractivity contribution in [3.63, 3.8) is 0 Å². The topological polar surface area (TPSA) is 83.8 Å². The molecule has 0 aliphatic heterocycles. The molecular weight excluding hydrogens is 276 g/mol. The van der Waals surface area contributed by atoms with E-state index in [4.69, 9.17) is 5.73 Å². The number of aromatic nitrogens is 2. The van der Waals surface area contributed by atoms with Gasteiger partial charge in [0.2, 0.25) is 5.91 Å². The van der Waals surface area contributed by atoms with Gasteiger partial charge < -0.3 is 11.1 Å². The Kier molecular flexibility index (Phi) is 5.21. The van der Waals surface area contributed by atoms with Crippen LogP contribution < -0.4 is 11.1 Å². The van der Waals surface area contributed by atoms with Crippen molar-refractivity contribution in [2.75, 3.05) is 5.32 Å². The number of nitrogens with zero attached hydrogens (tertiary/aromatic N) is 1. The highest BCUT2D eigenvalue weighted by Gasteiger charge is 2.37. The largest absolute Gasteiger partial charge is 0.317 e. The summed E-state index contributed by atoms with van der Waals surface area (Å²) in [5, 5.41) is 9.92. The molecule has 1 aliphatic carbocycles. The van der Waals surface area contributed by atoms with Crippen LogP contribution in [-0.4, -0.2) is 21.6 Å². The zero-order valence-electron chi connectivity index (χ0n) is 12.5. The van der Waals surface area contributed by atoms with Crippen molar-refractivity contribution in [1.82, 2.24) is 10.2 Å². The number of halogens is 1. The molecule has 1 heterocycles. The van der Waals surface area contributed by atoms with Crippen molar-refractivity contribution >= 4 is 24.1 Å². The highest BCUT2D eigenvalue weighted by Crippen LogP contribution is 2.28. The van der Waals surface area contributed by atoms with Crippen molar-refractivity contribution in [3.05, 3.63) is 11.8 Å². The monoisotopic (exact) mass is 300 g/mol. The minimum atomic E-state index is -0.705. The van der Waals surface area contributed by atoms with Gasteiger partial charge in [0.1, 0.15) is 0 Å². The summed E-state index contributed by atoms with van der Waals surface area (Å²) in [6.45, 7) is 6.50. The van der Waals surface area contributed by atoms with Crippen molar-refractivity contribution < 1.29 is 4.79 Å². The van der Waals surface area contributed by atoms with Crippen LogP contribution >= 0.6 is 12.4 Å². The van der Waals surface area contributed by atoms with Crippen LogP contribution in [0, 0.1) is 5.41 Å². The molecule has 1 amide bonds. The summed E-state index contributed by atoms with van der Waals surface area (Å²) in [6.07, 6.45) is 4.47. The summed E-state index contributed by atoms with van der Waals surface area (Å²) in [5.74, 6) is 0.458. The maximum atomic E-state index is 12.1. The summed E-state index contributed by atoms with van der Waals surface area (Å²) in [4.78, 5) is 12.1. The fourth-order valence-electron chi connectivity index (χ4n) is 2.56. The summed E-state index contributed by atoms with van der Waals surface area (Å²) < 4.78 is 0. The third-order valence-corrected chi connectivity index (χ3v) is 3.54. The van der Waals surface area contributed by atoms with Crippen LogP contribution in [0.4, 0.5) is 5.82 Å². The molecule has 0 saturated heterocycles. The number of hydrogen-bond acceptors (Lipinski definition) is 3. The predicted molar refractivity (Wildman–Crippen MR) is 83.0 cm³/mol. The fraction of sp³-hybridized carbons (Fsp3) is 0.714. The molecule has 0 unspecified atom stereocenters.